The summed E-state index contributed by atoms with van der Waals surface area (Å²) in [5, 5.41) is 17.0. The standard InChI is InChI=1S/C18H16N4O3S/c1-11-16(12-6-4-3-5-7-12)26-18(20-11)21-17(23)14-10-13(22(24)25)8-9-15(14)19-2/h3-10,19H,1-2H3,(H,20,21,23). The molecule has 2 aromatic carbocycles. The number of aromatic nitrogens is 1. The molecular weight excluding hydrogens is 352 g/mol. The fourth-order valence-electron chi connectivity index (χ4n) is 2.52. The van der Waals surface area contributed by atoms with Gasteiger partial charge in [0.1, 0.15) is 0 Å². The minimum atomic E-state index is -0.530. The zero-order valence-electron chi connectivity index (χ0n) is 14.1. The Balaban J connectivity index is 1.89. The zero-order valence-corrected chi connectivity index (χ0v) is 15.0. The highest BCUT2D eigenvalue weighted by atomic mass is 32.1. The lowest BCUT2D eigenvalue weighted by Crippen LogP contribution is -2.14. The number of nitrogens with one attached hydrogen (secondary N) is 2. The first-order valence-electron chi connectivity index (χ1n) is 7.80. The number of carbonyl (C=O) groups excluding carboxylic acids is 1. The number of hydrogen-bond acceptors (Lipinski definition) is 6. The summed E-state index contributed by atoms with van der Waals surface area (Å²) in [5.74, 6) is -0.452. The van der Waals surface area contributed by atoms with Gasteiger partial charge in [0.05, 0.1) is 21.1 Å². The zero-order chi connectivity index (χ0) is 18.7. The predicted octanol–water partition coefficient (Wildman–Crippen LogP) is 4.32. The number of nitrogens with zero attached hydrogens (tertiary/aromatic N) is 2. The number of amides is 1. The number of nitro groups is 1. The van der Waals surface area contributed by atoms with E-state index in [9.17, 15) is 14.9 Å². The molecule has 1 amide bonds. The smallest absolute Gasteiger partial charge is 0.270 e. The first kappa shape index (κ1) is 17.6. The van der Waals surface area contributed by atoms with E-state index in [1.54, 1.807) is 7.05 Å². The quantitative estimate of drug-likeness (QED) is 0.516. The maximum atomic E-state index is 12.6. The first-order valence-corrected chi connectivity index (χ1v) is 8.61. The molecule has 0 aliphatic carbocycles. The van der Waals surface area contributed by atoms with Crippen molar-refractivity contribution < 1.29 is 9.72 Å². The number of aryl methyl sites for hydroxylation is 1. The van der Waals surface area contributed by atoms with Gasteiger partial charge in [-0.05, 0) is 18.6 Å². The Morgan fingerprint density at radius 1 is 1.19 bits per heavy atom. The van der Waals surface area contributed by atoms with Crippen LogP contribution in [0.5, 0.6) is 0 Å². The van der Waals surface area contributed by atoms with E-state index in [1.165, 1.54) is 29.5 Å². The number of rotatable bonds is 5. The Kier molecular flexibility index (Phi) is 4.94. The van der Waals surface area contributed by atoms with Crippen molar-refractivity contribution in [3.05, 3.63) is 69.9 Å². The third-order valence-electron chi connectivity index (χ3n) is 3.78. The molecule has 2 N–H and O–H groups in total. The van der Waals surface area contributed by atoms with Gasteiger partial charge in [0, 0.05) is 24.9 Å². The Morgan fingerprint density at radius 3 is 2.58 bits per heavy atom. The van der Waals surface area contributed by atoms with Gasteiger partial charge in [-0.15, -0.1) is 0 Å². The third-order valence-corrected chi connectivity index (χ3v) is 4.90. The molecule has 1 heterocycles. The van der Waals surface area contributed by atoms with Crippen molar-refractivity contribution in [2.45, 2.75) is 6.92 Å². The molecule has 0 aliphatic heterocycles. The number of hydrogen-bond donors (Lipinski definition) is 2. The maximum Gasteiger partial charge on any atom is 0.270 e. The fourth-order valence-corrected chi connectivity index (χ4v) is 3.49. The first-order chi connectivity index (χ1) is 12.5. The van der Waals surface area contributed by atoms with Gasteiger partial charge >= 0.3 is 0 Å². The van der Waals surface area contributed by atoms with E-state index in [0.29, 0.717) is 10.8 Å². The van der Waals surface area contributed by atoms with Crippen molar-refractivity contribution in [1.29, 1.82) is 0 Å². The van der Waals surface area contributed by atoms with Crippen LogP contribution in [0.4, 0.5) is 16.5 Å². The Morgan fingerprint density at radius 2 is 1.92 bits per heavy atom. The molecule has 0 radical (unpaired) electrons. The maximum absolute atomic E-state index is 12.6. The molecule has 132 valence electrons. The minimum Gasteiger partial charge on any atom is -0.387 e. The van der Waals surface area contributed by atoms with Gasteiger partial charge < -0.3 is 5.32 Å². The second kappa shape index (κ2) is 7.32. The van der Waals surface area contributed by atoms with E-state index in [-0.39, 0.29) is 11.3 Å². The molecule has 8 heteroatoms. The van der Waals surface area contributed by atoms with Gasteiger partial charge in [-0.3, -0.25) is 20.2 Å². The second-order valence-corrected chi connectivity index (χ2v) is 6.49. The number of non-ortho nitro benzene ring substituents is 1. The van der Waals surface area contributed by atoms with Crippen LogP contribution in [0.3, 0.4) is 0 Å². The van der Waals surface area contributed by atoms with E-state index in [0.717, 1.165) is 16.1 Å². The van der Waals surface area contributed by atoms with E-state index < -0.39 is 10.8 Å². The van der Waals surface area contributed by atoms with Crippen molar-refractivity contribution >= 4 is 33.8 Å². The van der Waals surface area contributed by atoms with Crippen LogP contribution >= 0.6 is 11.3 Å². The van der Waals surface area contributed by atoms with Crippen LogP contribution in [0.15, 0.2) is 48.5 Å². The third kappa shape index (κ3) is 3.55. The highest BCUT2D eigenvalue weighted by molar-refractivity contribution is 7.19. The van der Waals surface area contributed by atoms with Gasteiger partial charge in [-0.25, -0.2) is 4.98 Å². The SMILES string of the molecule is CNc1ccc([N+](=O)[O-])cc1C(=O)Nc1nc(C)c(-c2ccccc2)s1. The van der Waals surface area contributed by atoms with E-state index in [2.05, 4.69) is 15.6 Å². The number of carbonyl (C=O) groups is 1. The lowest BCUT2D eigenvalue weighted by Gasteiger charge is -2.08. The number of thiazole rings is 1. The largest absolute Gasteiger partial charge is 0.387 e. The number of benzene rings is 2. The topological polar surface area (TPSA) is 97.2 Å². The monoisotopic (exact) mass is 368 g/mol. The summed E-state index contributed by atoms with van der Waals surface area (Å²) in [7, 11) is 1.65. The summed E-state index contributed by atoms with van der Waals surface area (Å²) >= 11 is 1.36. The van der Waals surface area contributed by atoms with E-state index >= 15 is 0 Å². The highest BCUT2D eigenvalue weighted by Crippen LogP contribution is 2.33. The highest BCUT2D eigenvalue weighted by Gasteiger charge is 2.18. The van der Waals surface area contributed by atoms with Crippen molar-refractivity contribution in [2.75, 3.05) is 17.7 Å². The van der Waals surface area contributed by atoms with E-state index in [1.807, 2.05) is 37.3 Å². The van der Waals surface area contributed by atoms with Crippen molar-refractivity contribution in [1.82, 2.24) is 4.98 Å². The van der Waals surface area contributed by atoms with Gasteiger partial charge in [0.2, 0.25) is 0 Å². The van der Waals surface area contributed by atoms with Gasteiger partial charge in [-0.1, -0.05) is 41.7 Å². The van der Waals surface area contributed by atoms with Gasteiger partial charge in [0.25, 0.3) is 11.6 Å². The minimum absolute atomic E-state index is 0.144. The van der Waals surface area contributed by atoms with Crippen LogP contribution in [0.25, 0.3) is 10.4 Å². The summed E-state index contributed by atoms with van der Waals surface area (Å²) in [6, 6.07) is 13.9. The molecule has 3 aromatic rings. The molecule has 3 rings (SSSR count). The molecule has 7 nitrogen and oxygen atoms in total. The average molecular weight is 368 g/mol. The molecule has 0 atom stereocenters. The molecule has 0 saturated heterocycles. The van der Waals surface area contributed by atoms with E-state index in [4.69, 9.17) is 0 Å². The average Bonchev–Trinajstić information content (AvgIpc) is 3.01. The van der Waals surface area contributed by atoms with Gasteiger partial charge in [0.15, 0.2) is 5.13 Å². The molecule has 1 aromatic heterocycles. The van der Waals surface area contributed by atoms with Crippen LogP contribution in [-0.4, -0.2) is 22.9 Å². The van der Waals surface area contributed by atoms with Crippen LogP contribution in [0.2, 0.25) is 0 Å². The molecular formula is C18H16N4O3S. The van der Waals surface area contributed by atoms with Crippen LogP contribution in [-0.2, 0) is 0 Å². The molecule has 0 bridgehead atoms. The molecule has 0 spiro atoms. The Bertz CT molecular complexity index is 970. The molecule has 0 unspecified atom stereocenters. The van der Waals surface area contributed by atoms with Gasteiger partial charge in [-0.2, -0.15) is 0 Å². The summed E-state index contributed by atoms with van der Waals surface area (Å²) in [6.45, 7) is 1.88. The lowest BCUT2D eigenvalue weighted by molar-refractivity contribution is -0.384. The normalized spacial score (nSPS) is 10.4. The summed E-state index contributed by atoms with van der Waals surface area (Å²) in [5.41, 5.74) is 2.38. The number of anilines is 2. The van der Waals surface area contributed by atoms with Crippen LogP contribution in [0.1, 0.15) is 16.1 Å². The van der Waals surface area contributed by atoms with Crippen molar-refractivity contribution in [3.63, 3.8) is 0 Å². The number of nitro benzene ring substituents is 1. The Labute approximate surface area is 153 Å². The summed E-state index contributed by atoms with van der Waals surface area (Å²) in [4.78, 5) is 28.4. The molecule has 0 aliphatic rings. The Hall–Kier alpha value is -3.26. The van der Waals surface area contributed by atoms with Crippen LogP contribution < -0.4 is 10.6 Å². The fraction of sp³-hybridized carbons (Fsp3) is 0.111. The van der Waals surface area contributed by atoms with Crippen LogP contribution in [0, 0.1) is 17.0 Å². The van der Waals surface area contributed by atoms with Crippen molar-refractivity contribution in [2.24, 2.45) is 0 Å². The predicted molar refractivity (Wildman–Crippen MR) is 103 cm³/mol. The molecule has 0 saturated carbocycles. The molecule has 26 heavy (non-hydrogen) atoms. The summed E-state index contributed by atoms with van der Waals surface area (Å²) in [6.07, 6.45) is 0. The second-order valence-electron chi connectivity index (χ2n) is 5.49. The summed E-state index contributed by atoms with van der Waals surface area (Å²) < 4.78 is 0. The molecule has 0 fully saturated rings. The lowest BCUT2D eigenvalue weighted by atomic mass is 10.1. The van der Waals surface area contributed by atoms with Crippen molar-refractivity contribution in [3.8, 4) is 10.4 Å².